The normalized spacial score (nSPS) is 19.4. The summed E-state index contributed by atoms with van der Waals surface area (Å²) in [5.41, 5.74) is 6.60. The number of rotatable bonds is 9. The number of anilines is 1. The van der Waals surface area contributed by atoms with E-state index in [1.54, 1.807) is 36.1 Å². The highest BCUT2D eigenvalue weighted by Gasteiger charge is 2.45. The maximum Gasteiger partial charge on any atom is 0.240 e. The molecule has 2 N–H and O–H groups in total. The maximum absolute atomic E-state index is 13.8. The van der Waals surface area contributed by atoms with Crippen molar-refractivity contribution in [2.75, 3.05) is 31.8 Å². The molecule has 0 spiro atoms. The number of thioether (sulfide) groups is 1. The Labute approximate surface area is 283 Å². The molecule has 48 heavy (non-hydrogen) atoms. The molecule has 7 rings (SSSR count). The van der Waals surface area contributed by atoms with Gasteiger partial charge in [0.25, 0.3) is 0 Å². The van der Waals surface area contributed by atoms with E-state index in [1.807, 2.05) is 60.7 Å². The Hall–Kier alpha value is -4.97. The van der Waals surface area contributed by atoms with Gasteiger partial charge in [-0.3, -0.25) is 19.4 Å². The minimum atomic E-state index is -0.580. The van der Waals surface area contributed by atoms with E-state index in [9.17, 15) is 9.59 Å². The zero-order valence-corrected chi connectivity index (χ0v) is 28.1. The highest BCUT2D eigenvalue weighted by molar-refractivity contribution is 8.00. The third-order valence-electron chi connectivity index (χ3n) is 9.56. The number of carbonyl (C=O) groups is 2. The monoisotopic (exact) mass is 662 g/mol. The molecule has 1 unspecified atom stereocenters. The average molecular weight is 663 g/mol. The lowest BCUT2D eigenvalue weighted by Crippen LogP contribution is -2.38. The second-order valence-corrected chi connectivity index (χ2v) is 13.7. The van der Waals surface area contributed by atoms with Crippen molar-refractivity contribution in [1.29, 1.82) is 0 Å². The van der Waals surface area contributed by atoms with Crippen molar-refractivity contribution < 1.29 is 14.3 Å². The number of nitrogens with zero attached hydrogens (tertiary/aromatic N) is 6. The quantitative estimate of drug-likeness (QED) is 0.197. The molecular formula is C36H38N8O3S. The number of pyridine rings is 1. The van der Waals surface area contributed by atoms with Crippen molar-refractivity contribution in [2.24, 2.45) is 13.0 Å². The van der Waals surface area contributed by atoms with Gasteiger partial charge in [0.05, 0.1) is 17.4 Å². The van der Waals surface area contributed by atoms with Gasteiger partial charge in [0, 0.05) is 61.0 Å². The molecule has 1 saturated carbocycles. The zero-order chi connectivity index (χ0) is 33.3. The first-order valence-electron chi connectivity index (χ1n) is 16.1. The summed E-state index contributed by atoms with van der Waals surface area (Å²) in [5.74, 6) is 1.52. The molecule has 5 aromatic rings. The number of hydrogen-bond donors (Lipinski definition) is 2. The summed E-state index contributed by atoms with van der Waals surface area (Å²) in [5, 5.41) is 16.0. The first-order valence-corrected chi connectivity index (χ1v) is 17.3. The number of nitrogens with one attached hydrogen (secondary N) is 2. The number of hydrogen-bond acceptors (Lipinski definition) is 8. The second-order valence-electron chi connectivity index (χ2n) is 12.5. The van der Waals surface area contributed by atoms with Crippen LogP contribution in [0.3, 0.4) is 0 Å². The number of aromatic nitrogens is 6. The number of amides is 2. The summed E-state index contributed by atoms with van der Waals surface area (Å²) in [4.78, 5) is 37.7. The molecule has 12 heteroatoms. The molecule has 1 fully saturated rings. The van der Waals surface area contributed by atoms with Gasteiger partial charge >= 0.3 is 0 Å². The van der Waals surface area contributed by atoms with Crippen LogP contribution in [-0.4, -0.2) is 77.9 Å². The standard InChI is InChI=1S/C36H38N8O3S/c1-43-22-38-34(42-43)26-6-4-24(5-7-26)25-12-16-44(17-13-25)32(45)18-23-10-14-36(21-23,48-3)35(46)39-28-8-9-30-29(20-28)33(41-40-30)27-11-15-37-31(19-27)47-2/h4-9,11-12,15,19-20,22-23H,10,13-14,16-18,21H2,1-3H3,(H,39,46)(H,40,41)/t23?,36-/m0/s1. The number of aryl methyl sites for hydroxylation is 1. The highest BCUT2D eigenvalue weighted by atomic mass is 32.2. The molecule has 3 aromatic heterocycles. The van der Waals surface area contributed by atoms with Gasteiger partial charge in [-0.1, -0.05) is 30.3 Å². The average Bonchev–Trinajstić information content (AvgIpc) is 3.87. The maximum atomic E-state index is 13.8. The van der Waals surface area contributed by atoms with E-state index in [4.69, 9.17) is 4.74 Å². The molecular weight excluding hydrogens is 625 g/mol. The molecule has 2 aliphatic rings. The summed E-state index contributed by atoms with van der Waals surface area (Å²) in [6.07, 6.45) is 11.1. The Morgan fingerprint density at radius 1 is 1.08 bits per heavy atom. The van der Waals surface area contributed by atoms with Gasteiger partial charge in [-0.05, 0) is 73.3 Å². The third kappa shape index (κ3) is 6.32. The van der Waals surface area contributed by atoms with E-state index in [0.29, 0.717) is 43.3 Å². The number of ether oxygens (including phenoxy) is 1. The smallest absolute Gasteiger partial charge is 0.240 e. The molecule has 4 heterocycles. The largest absolute Gasteiger partial charge is 0.481 e. The fraction of sp³-hybridized carbons (Fsp3) is 0.333. The predicted octanol–water partition coefficient (Wildman–Crippen LogP) is 5.98. The number of benzene rings is 2. The molecule has 1 aliphatic carbocycles. The van der Waals surface area contributed by atoms with Crippen molar-refractivity contribution in [3.8, 4) is 28.5 Å². The lowest BCUT2D eigenvalue weighted by atomic mass is 9.96. The summed E-state index contributed by atoms with van der Waals surface area (Å²) in [6, 6.07) is 17.8. The van der Waals surface area contributed by atoms with Crippen LogP contribution in [0.1, 0.15) is 37.7 Å². The second kappa shape index (κ2) is 13.3. The van der Waals surface area contributed by atoms with Crippen molar-refractivity contribution in [3.63, 3.8) is 0 Å². The van der Waals surface area contributed by atoms with Gasteiger partial charge in [0.15, 0.2) is 5.82 Å². The van der Waals surface area contributed by atoms with Gasteiger partial charge in [-0.2, -0.15) is 10.2 Å². The lowest BCUT2D eigenvalue weighted by molar-refractivity contribution is -0.131. The van der Waals surface area contributed by atoms with Crippen LogP contribution in [0.2, 0.25) is 0 Å². The number of fused-ring (bicyclic) bond motifs is 1. The summed E-state index contributed by atoms with van der Waals surface area (Å²) in [6.45, 7) is 1.29. The Balaban J connectivity index is 0.963. The van der Waals surface area contributed by atoms with Crippen LogP contribution < -0.4 is 10.1 Å². The summed E-state index contributed by atoms with van der Waals surface area (Å²) >= 11 is 1.59. The molecule has 2 amide bonds. The summed E-state index contributed by atoms with van der Waals surface area (Å²) < 4.78 is 6.40. The van der Waals surface area contributed by atoms with Crippen LogP contribution in [0.5, 0.6) is 5.88 Å². The van der Waals surface area contributed by atoms with Crippen LogP contribution in [-0.2, 0) is 16.6 Å². The predicted molar refractivity (Wildman–Crippen MR) is 188 cm³/mol. The molecule has 0 bridgehead atoms. The van der Waals surface area contributed by atoms with E-state index in [2.05, 4.69) is 48.8 Å². The van der Waals surface area contributed by atoms with Gasteiger partial charge in [-0.15, -0.1) is 11.8 Å². The van der Waals surface area contributed by atoms with Crippen LogP contribution >= 0.6 is 11.8 Å². The fourth-order valence-corrected chi connectivity index (χ4v) is 7.79. The van der Waals surface area contributed by atoms with Crippen molar-refractivity contribution in [3.05, 3.63) is 78.8 Å². The first-order chi connectivity index (χ1) is 23.3. The fourth-order valence-electron chi connectivity index (χ4n) is 6.83. The van der Waals surface area contributed by atoms with E-state index >= 15 is 0 Å². The Kier molecular flexibility index (Phi) is 8.74. The molecule has 2 atom stereocenters. The minimum Gasteiger partial charge on any atom is -0.481 e. The Morgan fingerprint density at radius 3 is 2.65 bits per heavy atom. The Morgan fingerprint density at radius 2 is 1.92 bits per heavy atom. The molecule has 246 valence electrons. The highest BCUT2D eigenvalue weighted by Crippen LogP contribution is 2.46. The number of aromatic amines is 1. The van der Waals surface area contributed by atoms with E-state index in [0.717, 1.165) is 52.5 Å². The topological polar surface area (TPSA) is 131 Å². The van der Waals surface area contributed by atoms with Gasteiger partial charge in [0.1, 0.15) is 12.0 Å². The lowest BCUT2D eigenvalue weighted by Gasteiger charge is -2.29. The molecule has 11 nitrogen and oxygen atoms in total. The van der Waals surface area contributed by atoms with Crippen molar-refractivity contribution in [2.45, 2.75) is 36.9 Å². The van der Waals surface area contributed by atoms with Crippen molar-refractivity contribution in [1.82, 2.24) is 34.8 Å². The zero-order valence-electron chi connectivity index (χ0n) is 27.3. The minimum absolute atomic E-state index is 0.0182. The van der Waals surface area contributed by atoms with Crippen LogP contribution in [0.15, 0.2) is 73.2 Å². The van der Waals surface area contributed by atoms with E-state index < -0.39 is 4.75 Å². The SMILES string of the molecule is COc1cc(-c2n[nH]c3ccc(NC(=O)[C@]4(SC)CCC(CC(=O)N5CC=C(c6ccc(-c7ncn(C)n7)cc6)CC5)C4)cc23)ccn1. The van der Waals surface area contributed by atoms with E-state index in [-0.39, 0.29) is 17.7 Å². The van der Waals surface area contributed by atoms with Gasteiger partial charge in [-0.25, -0.2) is 9.97 Å². The van der Waals surface area contributed by atoms with E-state index in [1.165, 1.54) is 5.57 Å². The molecule has 0 radical (unpaired) electrons. The molecule has 1 aliphatic heterocycles. The number of carbonyl (C=O) groups excluding carboxylic acids is 2. The Bertz CT molecular complexity index is 2000. The number of H-pyrrole nitrogens is 1. The molecule has 0 saturated heterocycles. The molecule has 2 aromatic carbocycles. The van der Waals surface area contributed by atoms with Crippen LogP contribution in [0.4, 0.5) is 5.69 Å². The van der Waals surface area contributed by atoms with Gasteiger partial charge in [0.2, 0.25) is 17.7 Å². The van der Waals surface area contributed by atoms with Crippen molar-refractivity contribution >= 4 is 45.7 Å². The first kappa shape index (κ1) is 31.6. The summed E-state index contributed by atoms with van der Waals surface area (Å²) in [7, 11) is 3.44. The van der Waals surface area contributed by atoms with Crippen LogP contribution in [0, 0.1) is 5.92 Å². The third-order valence-corrected chi connectivity index (χ3v) is 10.9. The number of methoxy groups -OCH3 is 1. The van der Waals surface area contributed by atoms with Crippen LogP contribution in [0.25, 0.3) is 39.1 Å². The van der Waals surface area contributed by atoms with Gasteiger partial charge < -0.3 is 15.0 Å².